The highest BCUT2D eigenvalue weighted by atomic mass is 16.5. The first-order chi connectivity index (χ1) is 7.13. The van der Waals surface area contributed by atoms with E-state index < -0.39 is 0 Å². The number of benzene rings is 1. The van der Waals surface area contributed by atoms with Gasteiger partial charge in [0.1, 0.15) is 5.75 Å². The lowest BCUT2D eigenvalue weighted by molar-refractivity contribution is 0.415. The molecule has 15 heavy (non-hydrogen) atoms. The molecule has 0 bridgehead atoms. The van der Waals surface area contributed by atoms with Crippen LogP contribution in [-0.2, 0) is 0 Å². The van der Waals surface area contributed by atoms with Crippen molar-refractivity contribution in [1.82, 2.24) is 0 Å². The Morgan fingerprint density at radius 2 is 2.20 bits per heavy atom. The molecule has 0 heterocycles. The van der Waals surface area contributed by atoms with Crippen LogP contribution in [0, 0.1) is 5.41 Å². The minimum Gasteiger partial charge on any atom is -0.497 e. The standard InChI is InChI=1S/C12H18N2O/c1-12(5-6-12)8-14-11-4-3-9(15-2)7-10(11)13/h3-4,7,14H,5-6,8,13H2,1-2H3. The highest BCUT2D eigenvalue weighted by Crippen LogP contribution is 2.45. The summed E-state index contributed by atoms with van der Waals surface area (Å²) in [6.07, 6.45) is 2.63. The van der Waals surface area contributed by atoms with E-state index in [4.69, 9.17) is 10.5 Å². The Labute approximate surface area is 90.6 Å². The van der Waals surface area contributed by atoms with Gasteiger partial charge in [-0.3, -0.25) is 0 Å². The number of nitrogen functional groups attached to an aromatic ring is 1. The Bertz CT molecular complexity index is 359. The number of hydrogen-bond donors (Lipinski definition) is 2. The van der Waals surface area contributed by atoms with Crippen LogP contribution in [0.2, 0.25) is 0 Å². The van der Waals surface area contributed by atoms with Crippen LogP contribution in [0.3, 0.4) is 0 Å². The van der Waals surface area contributed by atoms with Gasteiger partial charge in [-0.1, -0.05) is 6.92 Å². The monoisotopic (exact) mass is 206 g/mol. The zero-order chi connectivity index (χ0) is 10.9. The van der Waals surface area contributed by atoms with E-state index in [0.717, 1.165) is 23.7 Å². The molecule has 2 rings (SSSR count). The minimum atomic E-state index is 0.492. The second-order valence-electron chi connectivity index (χ2n) is 4.62. The maximum Gasteiger partial charge on any atom is 0.121 e. The number of hydrogen-bond acceptors (Lipinski definition) is 3. The van der Waals surface area contributed by atoms with E-state index in [2.05, 4.69) is 12.2 Å². The molecule has 1 aliphatic rings. The summed E-state index contributed by atoms with van der Waals surface area (Å²) < 4.78 is 5.10. The maximum absolute atomic E-state index is 5.90. The summed E-state index contributed by atoms with van der Waals surface area (Å²) in [6, 6.07) is 5.74. The molecule has 1 saturated carbocycles. The normalized spacial score (nSPS) is 17.2. The van der Waals surface area contributed by atoms with Gasteiger partial charge >= 0.3 is 0 Å². The quantitative estimate of drug-likeness (QED) is 0.744. The average Bonchev–Trinajstić information content (AvgIpc) is 2.95. The van der Waals surface area contributed by atoms with E-state index in [-0.39, 0.29) is 0 Å². The van der Waals surface area contributed by atoms with E-state index in [9.17, 15) is 0 Å². The number of nitrogens with two attached hydrogens (primary N) is 1. The molecule has 1 aromatic carbocycles. The van der Waals surface area contributed by atoms with Crippen LogP contribution in [0.5, 0.6) is 5.75 Å². The van der Waals surface area contributed by atoms with Crippen molar-refractivity contribution in [3.63, 3.8) is 0 Å². The van der Waals surface area contributed by atoms with Gasteiger partial charge in [0.2, 0.25) is 0 Å². The van der Waals surface area contributed by atoms with Gasteiger partial charge in [0.05, 0.1) is 18.5 Å². The molecular formula is C12H18N2O. The third-order valence-corrected chi connectivity index (χ3v) is 3.07. The number of rotatable bonds is 4. The van der Waals surface area contributed by atoms with Gasteiger partial charge in [0, 0.05) is 12.6 Å². The van der Waals surface area contributed by atoms with Gasteiger partial charge in [-0.05, 0) is 30.4 Å². The molecule has 0 aromatic heterocycles. The van der Waals surface area contributed by atoms with E-state index in [0.29, 0.717) is 5.41 Å². The molecule has 0 aliphatic heterocycles. The van der Waals surface area contributed by atoms with Crippen LogP contribution < -0.4 is 15.8 Å². The van der Waals surface area contributed by atoms with Crippen molar-refractivity contribution in [2.75, 3.05) is 24.7 Å². The van der Waals surface area contributed by atoms with Gasteiger partial charge in [-0.2, -0.15) is 0 Å². The van der Waals surface area contributed by atoms with E-state index in [1.165, 1.54) is 12.8 Å². The molecule has 0 unspecified atom stereocenters. The first kappa shape index (κ1) is 10.1. The summed E-state index contributed by atoms with van der Waals surface area (Å²) >= 11 is 0. The maximum atomic E-state index is 5.90. The van der Waals surface area contributed by atoms with E-state index >= 15 is 0 Å². The lowest BCUT2D eigenvalue weighted by Crippen LogP contribution is -2.12. The Balaban J connectivity index is 2.01. The third kappa shape index (κ3) is 2.35. The lowest BCUT2D eigenvalue weighted by Gasteiger charge is -2.13. The first-order valence-corrected chi connectivity index (χ1v) is 5.30. The second-order valence-corrected chi connectivity index (χ2v) is 4.62. The van der Waals surface area contributed by atoms with Crippen molar-refractivity contribution in [3.05, 3.63) is 18.2 Å². The van der Waals surface area contributed by atoms with Gasteiger partial charge in [0.25, 0.3) is 0 Å². The Kier molecular flexibility index (Phi) is 2.47. The van der Waals surface area contributed by atoms with Crippen LogP contribution in [0.4, 0.5) is 11.4 Å². The highest BCUT2D eigenvalue weighted by Gasteiger charge is 2.36. The van der Waals surface area contributed by atoms with Crippen molar-refractivity contribution in [3.8, 4) is 5.75 Å². The molecule has 0 radical (unpaired) electrons. The zero-order valence-corrected chi connectivity index (χ0v) is 9.34. The number of anilines is 2. The SMILES string of the molecule is COc1ccc(NCC2(C)CC2)c(N)c1. The molecule has 1 fully saturated rings. The predicted molar refractivity (Wildman–Crippen MR) is 63.2 cm³/mol. The van der Waals surface area contributed by atoms with E-state index in [1.807, 2.05) is 18.2 Å². The summed E-state index contributed by atoms with van der Waals surface area (Å²) in [4.78, 5) is 0. The molecule has 3 heteroatoms. The largest absolute Gasteiger partial charge is 0.497 e. The fourth-order valence-corrected chi connectivity index (χ4v) is 1.53. The fourth-order valence-electron chi connectivity index (χ4n) is 1.53. The molecule has 1 aliphatic carbocycles. The number of methoxy groups -OCH3 is 1. The predicted octanol–water partition coefficient (Wildman–Crippen LogP) is 2.49. The molecule has 0 amide bonds. The number of nitrogens with one attached hydrogen (secondary N) is 1. The Hall–Kier alpha value is -1.38. The topological polar surface area (TPSA) is 47.3 Å². The zero-order valence-electron chi connectivity index (χ0n) is 9.34. The van der Waals surface area contributed by atoms with Gasteiger partial charge in [0.15, 0.2) is 0 Å². The van der Waals surface area contributed by atoms with Crippen molar-refractivity contribution in [2.24, 2.45) is 5.41 Å². The summed E-state index contributed by atoms with van der Waals surface area (Å²) in [7, 11) is 1.65. The van der Waals surface area contributed by atoms with Gasteiger partial charge < -0.3 is 15.8 Å². The summed E-state index contributed by atoms with van der Waals surface area (Å²) in [6.45, 7) is 3.29. The molecule has 0 spiro atoms. The summed E-state index contributed by atoms with van der Waals surface area (Å²) in [5.74, 6) is 0.802. The van der Waals surface area contributed by atoms with Crippen LogP contribution in [0.25, 0.3) is 0 Å². The van der Waals surface area contributed by atoms with Crippen molar-refractivity contribution in [1.29, 1.82) is 0 Å². The molecule has 1 aromatic rings. The molecular weight excluding hydrogens is 188 g/mol. The van der Waals surface area contributed by atoms with E-state index in [1.54, 1.807) is 7.11 Å². The molecule has 0 saturated heterocycles. The number of ether oxygens (including phenoxy) is 1. The van der Waals surface area contributed by atoms with Gasteiger partial charge in [-0.15, -0.1) is 0 Å². The van der Waals surface area contributed by atoms with Crippen LogP contribution in [0.1, 0.15) is 19.8 Å². The lowest BCUT2D eigenvalue weighted by atomic mass is 10.1. The van der Waals surface area contributed by atoms with Gasteiger partial charge in [-0.25, -0.2) is 0 Å². The third-order valence-electron chi connectivity index (χ3n) is 3.07. The fraction of sp³-hybridized carbons (Fsp3) is 0.500. The van der Waals surface area contributed by atoms with Crippen molar-refractivity contribution >= 4 is 11.4 Å². The van der Waals surface area contributed by atoms with Crippen molar-refractivity contribution < 1.29 is 4.74 Å². The smallest absolute Gasteiger partial charge is 0.121 e. The van der Waals surface area contributed by atoms with Crippen molar-refractivity contribution in [2.45, 2.75) is 19.8 Å². The molecule has 0 atom stereocenters. The highest BCUT2D eigenvalue weighted by molar-refractivity contribution is 5.68. The first-order valence-electron chi connectivity index (χ1n) is 5.30. The minimum absolute atomic E-state index is 0.492. The molecule has 82 valence electrons. The molecule has 3 nitrogen and oxygen atoms in total. The average molecular weight is 206 g/mol. The summed E-state index contributed by atoms with van der Waals surface area (Å²) in [5.41, 5.74) is 8.15. The second kappa shape index (κ2) is 3.65. The summed E-state index contributed by atoms with van der Waals surface area (Å²) in [5, 5.41) is 3.39. The Morgan fingerprint density at radius 1 is 1.47 bits per heavy atom. The van der Waals surface area contributed by atoms with Crippen LogP contribution in [0.15, 0.2) is 18.2 Å². The van der Waals surface area contributed by atoms with Crippen LogP contribution in [-0.4, -0.2) is 13.7 Å². The van der Waals surface area contributed by atoms with Crippen LogP contribution >= 0.6 is 0 Å². The Morgan fingerprint density at radius 3 is 2.73 bits per heavy atom. The molecule has 3 N–H and O–H groups in total.